The van der Waals surface area contributed by atoms with E-state index in [2.05, 4.69) is 10.2 Å². The van der Waals surface area contributed by atoms with Crippen molar-refractivity contribution in [1.29, 1.82) is 0 Å². The summed E-state index contributed by atoms with van der Waals surface area (Å²) in [5.41, 5.74) is 4.98. The van der Waals surface area contributed by atoms with Gasteiger partial charge in [-0.15, -0.1) is 0 Å². The number of rotatable bonds is 5. The molecule has 0 aromatic rings. The van der Waals surface area contributed by atoms with Crippen LogP contribution >= 0.6 is 0 Å². The van der Waals surface area contributed by atoms with E-state index >= 15 is 0 Å². The third kappa shape index (κ3) is 3.06. The van der Waals surface area contributed by atoms with Gasteiger partial charge in [-0.3, -0.25) is 14.5 Å². The predicted octanol–water partition coefficient (Wildman–Crippen LogP) is -0.173. The average molecular weight is 269 g/mol. The van der Waals surface area contributed by atoms with Gasteiger partial charge in [0.2, 0.25) is 5.91 Å². The van der Waals surface area contributed by atoms with Gasteiger partial charge in [-0.05, 0) is 38.9 Å². The summed E-state index contributed by atoms with van der Waals surface area (Å²) >= 11 is 0. The van der Waals surface area contributed by atoms with Crippen LogP contribution in [0.15, 0.2) is 0 Å². The number of primary amides is 1. The molecule has 3 N–H and O–H groups in total. The molecule has 0 bridgehead atoms. The molecule has 2 unspecified atom stereocenters. The van der Waals surface area contributed by atoms with Crippen LogP contribution in [0.1, 0.15) is 32.1 Å². The number of nitrogens with two attached hydrogens (primary N) is 1. The smallest absolute Gasteiger partial charge is 0.306 e. The Morgan fingerprint density at radius 1 is 1.37 bits per heavy atom. The van der Waals surface area contributed by atoms with E-state index in [1.54, 1.807) is 0 Å². The molecule has 0 radical (unpaired) electrons. The molecule has 2 saturated heterocycles. The van der Waals surface area contributed by atoms with E-state index in [-0.39, 0.29) is 30.9 Å². The van der Waals surface area contributed by atoms with E-state index in [0.29, 0.717) is 0 Å². The highest BCUT2D eigenvalue weighted by Crippen LogP contribution is 2.41. The monoisotopic (exact) mass is 269 g/mol. The minimum Gasteiger partial charge on any atom is -0.469 e. The van der Waals surface area contributed by atoms with Crippen molar-refractivity contribution in [2.75, 3.05) is 26.7 Å². The van der Waals surface area contributed by atoms with E-state index < -0.39 is 5.41 Å². The van der Waals surface area contributed by atoms with Gasteiger partial charge < -0.3 is 15.8 Å². The predicted molar refractivity (Wildman–Crippen MR) is 70.1 cm³/mol. The number of amides is 1. The van der Waals surface area contributed by atoms with Gasteiger partial charge in [0.1, 0.15) is 0 Å². The molecule has 0 aliphatic carbocycles. The normalized spacial score (nSPS) is 31.5. The fourth-order valence-corrected chi connectivity index (χ4v) is 3.47. The van der Waals surface area contributed by atoms with Crippen LogP contribution in [0.2, 0.25) is 0 Å². The molecule has 108 valence electrons. The molecule has 2 fully saturated rings. The molecule has 6 heteroatoms. The number of hydrogen-bond donors (Lipinski definition) is 2. The molecule has 2 heterocycles. The van der Waals surface area contributed by atoms with Crippen molar-refractivity contribution in [3.8, 4) is 0 Å². The Kier molecular flexibility index (Phi) is 4.42. The summed E-state index contributed by atoms with van der Waals surface area (Å²) in [6.07, 6.45) is 3.66. The minimum atomic E-state index is -0.413. The lowest BCUT2D eigenvalue weighted by atomic mass is 9.77. The molecule has 0 spiro atoms. The van der Waals surface area contributed by atoms with Crippen molar-refractivity contribution in [3.05, 3.63) is 0 Å². The lowest BCUT2D eigenvalue weighted by molar-refractivity contribution is -0.145. The van der Waals surface area contributed by atoms with Crippen molar-refractivity contribution in [2.24, 2.45) is 11.1 Å². The fourth-order valence-electron chi connectivity index (χ4n) is 3.47. The van der Waals surface area contributed by atoms with Crippen LogP contribution in [0.5, 0.6) is 0 Å². The number of carbonyl (C=O) groups is 2. The van der Waals surface area contributed by atoms with E-state index in [0.717, 1.165) is 26.1 Å². The van der Waals surface area contributed by atoms with Crippen LogP contribution in [0.25, 0.3) is 0 Å². The summed E-state index contributed by atoms with van der Waals surface area (Å²) in [6, 6.07) is 0. The number of methoxy groups -OCH3 is 1. The van der Waals surface area contributed by atoms with Gasteiger partial charge in [0.15, 0.2) is 0 Å². The Hall–Kier alpha value is -1.14. The number of ether oxygens (including phenoxy) is 1. The number of esters is 1. The highest BCUT2D eigenvalue weighted by atomic mass is 16.5. The second-order valence-electron chi connectivity index (χ2n) is 5.61. The average Bonchev–Trinajstić information content (AvgIpc) is 2.97. The van der Waals surface area contributed by atoms with E-state index in [9.17, 15) is 9.59 Å². The zero-order valence-electron chi connectivity index (χ0n) is 11.5. The molecule has 0 saturated carbocycles. The molecule has 2 atom stereocenters. The number of nitrogens with one attached hydrogen (secondary N) is 1. The fraction of sp³-hybridized carbons (Fsp3) is 0.846. The maximum Gasteiger partial charge on any atom is 0.306 e. The zero-order valence-corrected chi connectivity index (χ0v) is 11.5. The highest BCUT2D eigenvalue weighted by Gasteiger charge is 2.48. The number of carbonyl (C=O) groups excluding carboxylic acids is 2. The van der Waals surface area contributed by atoms with Gasteiger partial charge >= 0.3 is 5.97 Å². The molecule has 1 amide bonds. The first kappa shape index (κ1) is 14.3. The first-order valence-corrected chi connectivity index (χ1v) is 6.90. The van der Waals surface area contributed by atoms with Crippen LogP contribution in [0.3, 0.4) is 0 Å². The van der Waals surface area contributed by atoms with Gasteiger partial charge in [0, 0.05) is 11.8 Å². The summed E-state index contributed by atoms with van der Waals surface area (Å²) in [7, 11) is 1.38. The minimum absolute atomic E-state index is 0.0570. The molecule has 2 aliphatic rings. The maximum absolute atomic E-state index is 11.7. The van der Waals surface area contributed by atoms with Crippen molar-refractivity contribution >= 4 is 11.9 Å². The van der Waals surface area contributed by atoms with Gasteiger partial charge in [0.05, 0.1) is 19.7 Å². The summed E-state index contributed by atoms with van der Waals surface area (Å²) < 4.78 is 4.79. The quantitative estimate of drug-likeness (QED) is 0.677. The first-order valence-electron chi connectivity index (χ1n) is 6.90. The second kappa shape index (κ2) is 5.88. The number of likely N-dealkylation sites (tertiary alicyclic amines) is 1. The molecule has 0 aromatic heterocycles. The summed E-state index contributed by atoms with van der Waals surface area (Å²) in [4.78, 5) is 25.4. The lowest BCUT2D eigenvalue weighted by Crippen LogP contribution is -2.51. The Labute approximate surface area is 113 Å². The molecular weight excluding hydrogens is 246 g/mol. The molecule has 2 aliphatic heterocycles. The Balaban J connectivity index is 2.18. The van der Waals surface area contributed by atoms with E-state index in [1.807, 2.05) is 0 Å². The Morgan fingerprint density at radius 3 is 2.63 bits per heavy atom. The third-order valence-corrected chi connectivity index (χ3v) is 4.30. The standard InChI is InChI=1S/C13H23N3O3/c1-19-11(18)9-13(8-10(14)17)4-5-15-12(13)16-6-2-3-7-16/h12,15H,2-9H2,1H3,(H2,14,17). The van der Waals surface area contributed by atoms with Gasteiger partial charge in [-0.2, -0.15) is 0 Å². The summed E-state index contributed by atoms with van der Waals surface area (Å²) in [6.45, 7) is 2.84. The molecule has 2 rings (SSSR count). The second-order valence-corrected chi connectivity index (χ2v) is 5.61. The zero-order chi connectivity index (χ0) is 13.9. The number of nitrogens with zero attached hydrogens (tertiary/aromatic N) is 1. The highest BCUT2D eigenvalue weighted by molar-refractivity contribution is 5.77. The van der Waals surface area contributed by atoms with Crippen molar-refractivity contribution in [3.63, 3.8) is 0 Å². The molecule has 19 heavy (non-hydrogen) atoms. The van der Waals surface area contributed by atoms with Crippen LogP contribution in [0, 0.1) is 5.41 Å². The third-order valence-electron chi connectivity index (χ3n) is 4.30. The molecular formula is C13H23N3O3. The summed E-state index contributed by atoms with van der Waals surface area (Å²) in [5.74, 6) is -0.619. The summed E-state index contributed by atoms with van der Waals surface area (Å²) in [5, 5.41) is 3.43. The SMILES string of the molecule is COC(=O)CC1(CC(N)=O)CCNC1N1CCCC1. The van der Waals surface area contributed by atoms with Gasteiger partial charge in [-0.25, -0.2) is 0 Å². The number of hydrogen-bond acceptors (Lipinski definition) is 5. The topological polar surface area (TPSA) is 84.7 Å². The molecule has 6 nitrogen and oxygen atoms in total. The van der Waals surface area contributed by atoms with Crippen LogP contribution < -0.4 is 11.1 Å². The van der Waals surface area contributed by atoms with Crippen LogP contribution in [-0.2, 0) is 14.3 Å². The van der Waals surface area contributed by atoms with Gasteiger partial charge in [-0.1, -0.05) is 0 Å². The van der Waals surface area contributed by atoms with E-state index in [1.165, 1.54) is 20.0 Å². The van der Waals surface area contributed by atoms with Crippen LogP contribution in [0.4, 0.5) is 0 Å². The Bertz CT molecular complexity index is 355. The van der Waals surface area contributed by atoms with Crippen molar-refractivity contribution in [2.45, 2.75) is 38.3 Å². The van der Waals surface area contributed by atoms with Crippen LogP contribution in [-0.4, -0.2) is 49.7 Å². The lowest BCUT2D eigenvalue weighted by Gasteiger charge is -2.38. The molecule has 0 aromatic carbocycles. The van der Waals surface area contributed by atoms with Crippen molar-refractivity contribution in [1.82, 2.24) is 10.2 Å². The van der Waals surface area contributed by atoms with Crippen molar-refractivity contribution < 1.29 is 14.3 Å². The van der Waals surface area contributed by atoms with E-state index in [4.69, 9.17) is 10.5 Å². The van der Waals surface area contributed by atoms with Gasteiger partial charge in [0.25, 0.3) is 0 Å². The maximum atomic E-state index is 11.7. The largest absolute Gasteiger partial charge is 0.469 e. The Morgan fingerprint density at radius 2 is 2.05 bits per heavy atom. The first-order chi connectivity index (χ1) is 9.07.